The van der Waals surface area contributed by atoms with E-state index >= 15 is 0 Å². The fourth-order valence-electron chi connectivity index (χ4n) is 2.80. The van der Waals surface area contributed by atoms with Crippen molar-refractivity contribution in [2.45, 2.75) is 6.92 Å². The lowest BCUT2D eigenvalue weighted by Crippen LogP contribution is -2.38. The number of hydrogen-bond acceptors (Lipinski definition) is 4. The molecular weight excluding hydrogens is 394 g/mol. The smallest absolute Gasteiger partial charge is 0.278 e. The van der Waals surface area contributed by atoms with Crippen LogP contribution in [0.1, 0.15) is 16.2 Å². The molecule has 0 aliphatic heterocycles. The molecule has 1 N–H and O–H groups in total. The van der Waals surface area contributed by atoms with Crippen LogP contribution in [0, 0.1) is 18.6 Å². The number of halogens is 2. The van der Waals surface area contributed by atoms with Gasteiger partial charge in [-0.05, 0) is 37.3 Å². The highest BCUT2D eigenvalue weighted by molar-refractivity contribution is 5.98. The summed E-state index contributed by atoms with van der Waals surface area (Å²) in [5.41, 5.74) is -0.452. The highest BCUT2D eigenvalue weighted by Crippen LogP contribution is 2.13. The molecule has 1 aromatic heterocycles. The van der Waals surface area contributed by atoms with Gasteiger partial charge >= 0.3 is 0 Å². The Kier molecular flexibility index (Phi) is 6.01. The van der Waals surface area contributed by atoms with Crippen molar-refractivity contribution in [1.29, 1.82) is 0 Å². The third-order valence-corrected chi connectivity index (χ3v) is 4.23. The van der Waals surface area contributed by atoms with Crippen molar-refractivity contribution in [3.05, 3.63) is 87.8 Å². The van der Waals surface area contributed by atoms with Crippen molar-refractivity contribution in [3.63, 3.8) is 0 Å². The molecule has 7 nitrogen and oxygen atoms in total. The van der Waals surface area contributed by atoms with E-state index in [0.29, 0.717) is 5.69 Å². The van der Waals surface area contributed by atoms with Crippen LogP contribution >= 0.6 is 0 Å². The monoisotopic (exact) mass is 412 g/mol. The van der Waals surface area contributed by atoms with Crippen LogP contribution in [0.2, 0.25) is 0 Å². The van der Waals surface area contributed by atoms with Gasteiger partial charge in [-0.15, -0.1) is 0 Å². The van der Waals surface area contributed by atoms with E-state index in [-0.39, 0.29) is 11.4 Å². The van der Waals surface area contributed by atoms with E-state index in [1.54, 1.807) is 13.0 Å². The van der Waals surface area contributed by atoms with Crippen LogP contribution in [0.3, 0.4) is 0 Å². The number of carbonyl (C=O) groups excluding carboxylic acids is 2. The number of likely N-dealkylation sites (N-methyl/N-ethyl adjacent to an activating group) is 1. The predicted molar refractivity (Wildman–Crippen MR) is 107 cm³/mol. The van der Waals surface area contributed by atoms with Crippen LogP contribution in [0.5, 0.6) is 0 Å². The third-order valence-electron chi connectivity index (χ3n) is 4.23. The number of amides is 2. The molecule has 1 heterocycles. The Morgan fingerprint density at radius 1 is 1.10 bits per heavy atom. The van der Waals surface area contributed by atoms with Gasteiger partial charge in [0.1, 0.15) is 17.3 Å². The average Bonchev–Trinajstić information content (AvgIpc) is 2.68. The standard InChI is InChI=1S/C21H18F2N4O3/c1-13-10-18(28)20(25-27(13)17-9-4-3-8-16(17)23)21(30)26(2)12-19(29)24-15-7-5-6-14(22)11-15/h3-11H,12H2,1-2H3,(H,24,29). The number of para-hydroxylation sites is 1. The number of aryl methyl sites for hydroxylation is 1. The minimum Gasteiger partial charge on any atom is -0.331 e. The maximum atomic E-state index is 14.1. The van der Waals surface area contributed by atoms with Gasteiger partial charge in [-0.25, -0.2) is 13.5 Å². The molecule has 3 rings (SSSR count). The zero-order valence-corrected chi connectivity index (χ0v) is 16.2. The zero-order chi connectivity index (χ0) is 21.8. The van der Waals surface area contributed by atoms with Crippen molar-refractivity contribution >= 4 is 17.5 Å². The fraction of sp³-hybridized carbons (Fsp3) is 0.143. The number of nitrogens with zero attached hydrogens (tertiary/aromatic N) is 3. The van der Waals surface area contributed by atoms with E-state index in [1.807, 2.05) is 0 Å². The van der Waals surface area contributed by atoms with Crippen LogP contribution in [-0.4, -0.2) is 40.1 Å². The third kappa shape index (κ3) is 4.57. The van der Waals surface area contributed by atoms with Gasteiger partial charge < -0.3 is 10.2 Å². The second kappa shape index (κ2) is 8.64. The van der Waals surface area contributed by atoms with Gasteiger partial charge in [0.2, 0.25) is 11.3 Å². The Hall–Kier alpha value is -3.88. The molecule has 0 aliphatic carbocycles. The summed E-state index contributed by atoms with van der Waals surface area (Å²) in [5, 5.41) is 6.48. The predicted octanol–water partition coefficient (Wildman–Crippen LogP) is 2.53. The Morgan fingerprint density at radius 3 is 2.53 bits per heavy atom. The molecule has 0 saturated heterocycles. The van der Waals surface area contributed by atoms with Crippen LogP contribution in [0.4, 0.5) is 14.5 Å². The Bertz CT molecular complexity index is 1180. The maximum Gasteiger partial charge on any atom is 0.278 e. The van der Waals surface area contributed by atoms with Crippen molar-refractivity contribution in [3.8, 4) is 5.69 Å². The zero-order valence-electron chi connectivity index (χ0n) is 16.2. The van der Waals surface area contributed by atoms with E-state index in [2.05, 4.69) is 10.4 Å². The van der Waals surface area contributed by atoms with Crippen molar-refractivity contribution in [2.24, 2.45) is 0 Å². The molecule has 2 amide bonds. The molecule has 3 aromatic rings. The molecule has 0 fully saturated rings. The summed E-state index contributed by atoms with van der Waals surface area (Å²) in [6.07, 6.45) is 0. The average molecular weight is 412 g/mol. The molecule has 0 atom stereocenters. The van der Waals surface area contributed by atoms with Gasteiger partial charge in [0, 0.05) is 24.5 Å². The molecule has 0 spiro atoms. The molecular formula is C21H18F2N4O3. The van der Waals surface area contributed by atoms with Gasteiger partial charge in [0.25, 0.3) is 5.91 Å². The summed E-state index contributed by atoms with van der Waals surface area (Å²) in [6.45, 7) is 1.16. The number of benzene rings is 2. The maximum absolute atomic E-state index is 14.1. The minimum absolute atomic E-state index is 0.0792. The summed E-state index contributed by atoms with van der Waals surface area (Å²) < 4.78 is 28.5. The van der Waals surface area contributed by atoms with E-state index < -0.39 is 41.1 Å². The largest absolute Gasteiger partial charge is 0.331 e. The molecule has 9 heteroatoms. The van der Waals surface area contributed by atoms with Gasteiger partial charge in [-0.3, -0.25) is 14.4 Å². The molecule has 0 radical (unpaired) electrons. The van der Waals surface area contributed by atoms with Crippen molar-refractivity contribution < 1.29 is 18.4 Å². The molecule has 154 valence electrons. The minimum atomic E-state index is -0.806. The second-order valence-corrected chi connectivity index (χ2v) is 6.58. The van der Waals surface area contributed by atoms with Gasteiger partial charge in [-0.1, -0.05) is 18.2 Å². The van der Waals surface area contributed by atoms with Crippen LogP contribution in [0.25, 0.3) is 5.69 Å². The van der Waals surface area contributed by atoms with E-state index in [9.17, 15) is 23.2 Å². The Labute approximate surface area is 170 Å². The van der Waals surface area contributed by atoms with Crippen LogP contribution < -0.4 is 10.7 Å². The summed E-state index contributed by atoms with van der Waals surface area (Å²) >= 11 is 0. The van der Waals surface area contributed by atoms with Crippen molar-refractivity contribution in [1.82, 2.24) is 14.7 Å². The molecule has 0 unspecified atom stereocenters. The molecule has 2 aromatic carbocycles. The molecule has 30 heavy (non-hydrogen) atoms. The number of anilines is 1. The summed E-state index contributed by atoms with van der Waals surface area (Å²) in [7, 11) is 1.32. The number of rotatable bonds is 5. The quantitative estimate of drug-likeness (QED) is 0.698. The van der Waals surface area contributed by atoms with Crippen LogP contribution in [-0.2, 0) is 4.79 Å². The first kappa shape index (κ1) is 20.8. The van der Waals surface area contributed by atoms with E-state index in [4.69, 9.17) is 0 Å². The van der Waals surface area contributed by atoms with Gasteiger partial charge in [0.05, 0.1) is 6.54 Å². The highest BCUT2D eigenvalue weighted by Gasteiger charge is 2.21. The topological polar surface area (TPSA) is 84.3 Å². The lowest BCUT2D eigenvalue weighted by molar-refractivity contribution is -0.116. The van der Waals surface area contributed by atoms with Gasteiger partial charge in [-0.2, -0.15) is 5.10 Å². The summed E-state index contributed by atoms with van der Waals surface area (Å²) in [5.74, 6) is -2.48. The Morgan fingerprint density at radius 2 is 1.83 bits per heavy atom. The summed E-state index contributed by atoms with van der Waals surface area (Å²) in [6, 6.07) is 12.3. The summed E-state index contributed by atoms with van der Waals surface area (Å²) in [4.78, 5) is 38.2. The lowest BCUT2D eigenvalue weighted by atomic mass is 10.2. The lowest BCUT2D eigenvalue weighted by Gasteiger charge is -2.17. The van der Waals surface area contributed by atoms with Gasteiger partial charge in [0.15, 0.2) is 5.69 Å². The van der Waals surface area contributed by atoms with Crippen molar-refractivity contribution in [2.75, 3.05) is 18.9 Å². The first-order chi connectivity index (χ1) is 14.3. The van der Waals surface area contributed by atoms with E-state index in [1.165, 1.54) is 49.5 Å². The molecule has 0 bridgehead atoms. The molecule has 0 aliphatic rings. The van der Waals surface area contributed by atoms with E-state index in [0.717, 1.165) is 15.6 Å². The fourth-order valence-corrected chi connectivity index (χ4v) is 2.80. The molecule has 0 saturated carbocycles. The number of nitrogens with one attached hydrogen (secondary N) is 1. The highest BCUT2D eigenvalue weighted by atomic mass is 19.1. The van der Waals surface area contributed by atoms with Crippen LogP contribution in [0.15, 0.2) is 59.4 Å². The SMILES string of the molecule is Cc1cc(=O)c(C(=O)N(C)CC(=O)Nc2cccc(F)c2)nn1-c1ccccc1F. The first-order valence-electron chi connectivity index (χ1n) is 8.93. The first-order valence-corrected chi connectivity index (χ1v) is 8.93. The number of hydrogen-bond donors (Lipinski definition) is 1. The normalized spacial score (nSPS) is 10.5. The number of carbonyl (C=O) groups is 2. The Balaban J connectivity index is 1.82. The number of aromatic nitrogens is 2. The second-order valence-electron chi connectivity index (χ2n) is 6.58.